The summed E-state index contributed by atoms with van der Waals surface area (Å²) in [6.07, 6.45) is 3.98. The van der Waals surface area contributed by atoms with Crippen molar-refractivity contribution in [2.24, 2.45) is 5.92 Å². The van der Waals surface area contributed by atoms with E-state index in [9.17, 15) is 0 Å². The van der Waals surface area contributed by atoms with Gasteiger partial charge < -0.3 is 10.2 Å². The van der Waals surface area contributed by atoms with Gasteiger partial charge in [0.15, 0.2) is 0 Å². The molecule has 94 valence electrons. The normalized spacial score (nSPS) is 31.9. The molecule has 0 aromatic carbocycles. The molecule has 3 aliphatic heterocycles. The van der Waals surface area contributed by atoms with E-state index in [1.807, 2.05) is 11.3 Å². The lowest BCUT2D eigenvalue weighted by Crippen LogP contribution is -2.55. The highest BCUT2D eigenvalue weighted by Crippen LogP contribution is 2.28. The fourth-order valence-corrected chi connectivity index (χ4v) is 4.04. The maximum absolute atomic E-state index is 3.78. The lowest BCUT2D eigenvalue weighted by molar-refractivity contribution is 0.0721. The molecular formula is C14H22N2S. The van der Waals surface area contributed by atoms with Crippen molar-refractivity contribution in [3.8, 4) is 0 Å². The Hall–Kier alpha value is -0.380. The molecule has 1 N–H and O–H groups in total. The molecule has 3 saturated heterocycles. The third-order valence-corrected chi connectivity index (χ3v) is 5.49. The number of fused-ring (bicyclic) bond motifs is 3. The first-order valence-corrected chi connectivity index (χ1v) is 7.70. The van der Waals surface area contributed by atoms with Crippen molar-refractivity contribution in [2.75, 3.05) is 19.6 Å². The first kappa shape index (κ1) is 11.7. The Labute approximate surface area is 108 Å². The molecular weight excluding hydrogens is 228 g/mol. The van der Waals surface area contributed by atoms with Gasteiger partial charge in [0.1, 0.15) is 0 Å². The van der Waals surface area contributed by atoms with Gasteiger partial charge in [-0.1, -0.05) is 6.92 Å². The average molecular weight is 250 g/mol. The molecule has 17 heavy (non-hydrogen) atoms. The smallest absolute Gasteiger partial charge is 0.0303 e. The van der Waals surface area contributed by atoms with E-state index in [1.54, 1.807) is 0 Å². The highest BCUT2D eigenvalue weighted by Gasteiger charge is 2.33. The van der Waals surface area contributed by atoms with Gasteiger partial charge in [-0.2, -0.15) is 0 Å². The molecule has 0 spiro atoms. The Bertz CT molecular complexity index is 366. The molecule has 0 saturated carbocycles. The Kier molecular flexibility index (Phi) is 3.50. The van der Waals surface area contributed by atoms with Crippen LogP contribution < -0.4 is 5.32 Å². The van der Waals surface area contributed by atoms with Gasteiger partial charge in [-0.05, 0) is 50.4 Å². The lowest BCUT2D eigenvalue weighted by atomic mass is 9.84. The summed E-state index contributed by atoms with van der Waals surface area (Å²) in [5, 5.41) is 3.78. The Balaban J connectivity index is 1.54. The van der Waals surface area contributed by atoms with Crippen LogP contribution in [0.2, 0.25) is 0 Å². The number of nitrogens with one attached hydrogen (secondary N) is 1. The largest absolute Gasteiger partial charge is 0.308 e. The van der Waals surface area contributed by atoms with Gasteiger partial charge >= 0.3 is 0 Å². The number of aryl methyl sites for hydroxylation is 1. The van der Waals surface area contributed by atoms with Crippen molar-refractivity contribution >= 4 is 11.3 Å². The van der Waals surface area contributed by atoms with Crippen LogP contribution in [0.3, 0.4) is 0 Å². The molecule has 4 rings (SSSR count). The average Bonchev–Trinajstić information content (AvgIpc) is 2.86. The van der Waals surface area contributed by atoms with E-state index in [2.05, 4.69) is 29.3 Å². The maximum atomic E-state index is 3.78. The summed E-state index contributed by atoms with van der Waals surface area (Å²) in [6.45, 7) is 7.25. The van der Waals surface area contributed by atoms with E-state index < -0.39 is 0 Å². The topological polar surface area (TPSA) is 15.3 Å². The molecule has 0 aliphatic carbocycles. The molecule has 2 bridgehead atoms. The summed E-state index contributed by atoms with van der Waals surface area (Å²) < 4.78 is 0. The molecule has 1 unspecified atom stereocenters. The number of hydrogen-bond donors (Lipinski definition) is 1. The van der Waals surface area contributed by atoms with Crippen LogP contribution in [0.15, 0.2) is 12.1 Å². The molecule has 1 aromatic heterocycles. The molecule has 0 amide bonds. The van der Waals surface area contributed by atoms with E-state index in [4.69, 9.17) is 0 Å². The van der Waals surface area contributed by atoms with Gasteiger partial charge in [0, 0.05) is 28.9 Å². The van der Waals surface area contributed by atoms with Gasteiger partial charge in [-0.15, -0.1) is 11.3 Å². The van der Waals surface area contributed by atoms with Crippen LogP contribution in [0.25, 0.3) is 0 Å². The third-order valence-electron chi connectivity index (χ3n) is 4.26. The minimum atomic E-state index is 0.740. The van der Waals surface area contributed by atoms with Crippen molar-refractivity contribution in [3.63, 3.8) is 0 Å². The van der Waals surface area contributed by atoms with Crippen molar-refractivity contribution < 1.29 is 0 Å². The summed E-state index contributed by atoms with van der Waals surface area (Å²) in [6, 6.07) is 5.31. The van der Waals surface area contributed by atoms with Crippen LogP contribution in [0.5, 0.6) is 0 Å². The zero-order valence-corrected chi connectivity index (χ0v) is 11.4. The highest BCUT2D eigenvalue weighted by atomic mass is 32.1. The van der Waals surface area contributed by atoms with Gasteiger partial charge in [0.25, 0.3) is 0 Å². The molecule has 3 fully saturated rings. The van der Waals surface area contributed by atoms with E-state index in [-0.39, 0.29) is 0 Å². The second-order valence-electron chi connectivity index (χ2n) is 5.35. The summed E-state index contributed by atoms with van der Waals surface area (Å²) in [5.74, 6) is 0.936. The number of thiophene rings is 1. The fourth-order valence-electron chi connectivity index (χ4n) is 3.14. The Morgan fingerprint density at radius 2 is 2.06 bits per heavy atom. The molecule has 1 atom stereocenters. The van der Waals surface area contributed by atoms with Crippen molar-refractivity contribution in [1.82, 2.24) is 10.2 Å². The second-order valence-corrected chi connectivity index (χ2v) is 6.60. The lowest BCUT2D eigenvalue weighted by Gasteiger charge is -2.45. The van der Waals surface area contributed by atoms with Crippen molar-refractivity contribution in [3.05, 3.63) is 21.9 Å². The van der Waals surface area contributed by atoms with Gasteiger partial charge in [-0.3, -0.25) is 0 Å². The van der Waals surface area contributed by atoms with Gasteiger partial charge in [0.2, 0.25) is 0 Å². The summed E-state index contributed by atoms with van der Waals surface area (Å²) in [7, 11) is 0. The van der Waals surface area contributed by atoms with Crippen LogP contribution in [0.4, 0.5) is 0 Å². The van der Waals surface area contributed by atoms with Gasteiger partial charge in [-0.25, -0.2) is 0 Å². The van der Waals surface area contributed by atoms with E-state index in [0.29, 0.717) is 0 Å². The monoisotopic (exact) mass is 250 g/mol. The summed E-state index contributed by atoms with van der Waals surface area (Å²) >= 11 is 1.97. The predicted molar refractivity (Wildman–Crippen MR) is 73.5 cm³/mol. The van der Waals surface area contributed by atoms with Gasteiger partial charge in [0.05, 0.1) is 0 Å². The highest BCUT2D eigenvalue weighted by molar-refractivity contribution is 7.11. The quantitative estimate of drug-likeness (QED) is 0.883. The summed E-state index contributed by atoms with van der Waals surface area (Å²) in [5.41, 5.74) is 0. The Morgan fingerprint density at radius 1 is 1.29 bits per heavy atom. The molecule has 3 heteroatoms. The van der Waals surface area contributed by atoms with E-state index >= 15 is 0 Å². The van der Waals surface area contributed by atoms with Crippen LogP contribution in [-0.4, -0.2) is 30.6 Å². The molecule has 1 aromatic rings. The van der Waals surface area contributed by atoms with Crippen molar-refractivity contribution in [1.29, 1.82) is 0 Å². The van der Waals surface area contributed by atoms with E-state index in [1.165, 1.54) is 48.7 Å². The molecule has 2 nitrogen and oxygen atoms in total. The number of piperidine rings is 3. The van der Waals surface area contributed by atoms with Crippen LogP contribution in [-0.2, 0) is 13.0 Å². The fraction of sp³-hybridized carbons (Fsp3) is 0.714. The number of rotatable bonds is 4. The first-order valence-electron chi connectivity index (χ1n) is 6.88. The minimum absolute atomic E-state index is 0.740. The summed E-state index contributed by atoms with van der Waals surface area (Å²) in [4.78, 5) is 5.62. The van der Waals surface area contributed by atoms with E-state index in [0.717, 1.165) is 18.5 Å². The zero-order valence-electron chi connectivity index (χ0n) is 10.6. The number of nitrogens with zero attached hydrogens (tertiary/aromatic N) is 1. The van der Waals surface area contributed by atoms with Crippen LogP contribution in [0, 0.1) is 5.92 Å². The third kappa shape index (κ3) is 2.56. The maximum Gasteiger partial charge on any atom is 0.0303 e. The first-order chi connectivity index (χ1) is 8.35. The second kappa shape index (κ2) is 5.09. The van der Waals surface area contributed by atoms with Crippen molar-refractivity contribution in [2.45, 2.75) is 38.8 Å². The molecule has 0 radical (unpaired) electrons. The van der Waals surface area contributed by atoms with Crippen LogP contribution in [0.1, 0.15) is 29.5 Å². The standard InChI is InChI=1S/C14H22N2S/c1-2-12-3-4-13(17-12)9-15-14-10-16-7-5-11(14)6-8-16/h3-4,11,14-15H,2,5-10H2,1H3. The Morgan fingerprint density at radius 3 is 2.65 bits per heavy atom. The minimum Gasteiger partial charge on any atom is -0.308 e. The SMILES string of the molecule is CCc1ccc(CNC2CN3CCC2CC3)s1. The molecule has 3 aliphatic rings. The number of hydrogen-bond acceptors (Lipinski definition) is 3. The zero-order chi connectivity index (χ0) is 11.7. The molecule has 4 heterocycles. The van der Waals surface area contributed by atoms with Crippen LogP contribution >= 0.6 is 11.3 Å². The predicted octanol–water partition coefficient (Wildman–Crippen LogP) is 2.49.